The molecule has 0 aliphatic heterocycles. The Balaban J connectivity index is 2.94. The van der Waals surface area contributed by atoms with Crippen LogP contribution in [0.2, 0.25) is 0 Å². The van der Waals surface area contributed by atoms with Crippen LogP contribution in [-0.2, 0) is 4.79 Å². The van der Waals surface area contributed by atoms with Crippen molar-refractivity contribution in [2.45, 2.75) is 13.8 Å². The molecule has 0 aliphatic rings. The Bertz CT molecular complexity index is 432. The molecule has 1 aromatic carbocycles. The highest BCUT2D eigenvalue weighted by atomic mass is 16.2. The number of nitrogens with zero attached hydrogens (tertiary/aromatic N) is 1. The average molecular weight is 217 g/mol. The van der Waals surface area contributed by atoms with E-state index in [0.717, 1.165) is 5.56 Å². The average Bonchev–Trinajstić information content (AvgIpc) is 2.27. The Kier molecular flexibility index (Phi) is 3.61. The number of amides is 1. The fourth-order valence-electron chi connectivity index (χ4n) is 1.28. The van der Waals surface area contributed by atoms with Gasteiger partial charge in [-0.25, -0.2) is 0 Å². The van der Waals surface area contributed by atoms with Gasteiger partial charge in [-0.2, -0.15) is 0 Å². The molecule has 0 aliphatic carbocycles. The van der Waals surface area contributed by atoms with Crippen molar-refractivity contribution in [2.24, 2.45) is 0 Å². The second-order valence-electron chi connectivity index (χ2n) is 3.66. The number of rotatable bonds is 3. The van der Waals surface area contributed by atoms with E-state index in [1.165, 1.54) is 18.7 Å². The first-order valence-corrected chi connectivity index (χ1v) is 4.98. The molecule has 0 saturated carbocycles. The molecule has 0 aromatic heterocycles. The monoisotopic (exact) mass is 217 g/mol. The van der Waals surface area contributed by atoms with Crippen LogP contribution in [0.4, 0.5) is 0 Å². The normalized spacial score (nSPS) is 9.69. The zero-order valence-corrected chi connectivity index (χ0v) is 9.78. The minimum atomic E-state index is -0.0688. The van der Waals surface area contributed by atoms with Crippen LogP contribution in [0.5, 0.6) is 0 Å². The fourth-order valence-corrected chi connectivity index (χ4v) is 1.28. The van der Waals surface area contributed by atoms with E-state index in [-0.39, 0.29) is 11.7 Å². The van der Waals surface area contributed by atoms with Gasteiger partial charge in [0.25, 0.3) is 0 Å². The third-order valence-corrected chi connectivity index (χ3v) is 2.50. The molecule has 1 rings (SSSR count). The van der Waals surface area contributed by atoms with Crippen LogP contribution >= 0.6 is 0 Å². The van der Waals surface area contributed by atoms with Crippen LogP contribution in [0.25, 0.3) is 5.70 Å². The molecule has 0 bridgehead atoms. The molecule has 3 nitrogen and oxygen atoms in total. The lowest BCUT2D eigenvalue weighted by Gasteiger charge is -2.18. The van der Waals surface area contributed by atoms with Crippen LogP contribution in [0.1, 0.15) is 29.8 Å². The summed E-state index contributed by atoms with van der Waals surface area (Å²) >= 11 is 0. The van der Waals surface area contributed by atoms with Gasteiger partial charge in [0.05, 0.1) is 0 Å². The molecule has 0 spiro atoms. The van der Waals surface area contributed by atoms with E-state index in [4.69, 9.17) is 0 Å². The second kappa shape index (κ2) is 4.75. The fraction of sp³-hybridized carbons (Fsp3) is 0.231. The maximum atomic E-state index is 11.1. The van der Waals surface area contributed by atoms with Gasteiger partial charge in [0.15, 0.2) is 5.78 Å². The summed E-state index contributed by atoms with van der Waals surface area (Å²) in [5, 5.41) is 0. The van der Waals surface area contributed by atoms with Crippen LogP contribution in [-0.4, -0.2) is 23.6 Å². The summed E-state index contributed by atoms with van der Waals surface area (Å²) in [4.78, 5) is 23.7. The Morgan fingerprint density at radius 2 is 1.50 bits per heavy atom. The molecule has 1 amide bonds. The molecule has 0 saturated heterocycles. The molecular formula is C13H15NO2. The zero-order valence-electron chi connectivity index (χ0n) is 9.78. The number of Topliss-reactive ketones (excluding diaryl/α,β-unsaturated/α-hetero) is 1. The van der Waals surface area contributed by atoms with Crippen LogP contribution in [0.3, 0.4) is 0 Å². The summed E-state index contributed by atoms with van der Waals surface area (Å²) in [5.41, 5.74) is 2.12. The van der Waals surface area contributed by atoms with Crippen molar-refractivity contribution in [3.8, 4) is 0 Å². The molecular weight excluding hydrogens is 202 g/mol. The lowest BCUT2D eigenvalue weighted by molar-refractivity contribution is -0.124. The molecule has 0 unspecified atom stereocenters. The summed E-state index contributed by atoms with van der Waals surface area (Å²) in [5.74, 6) is -0.0438. The van der Waals surface area contributed by atoms with Crippen molar-refractivity contribution in [1.82, 2.24) is 4.90 Å². The van der Waals surface area contributed by atoms with Gasteiger partial charge in [0.2, 0.25) is 5.91 Å². The molecule has 0 N–H and O–H groups in total. The Morgan fingerprint density at radius 3 is 1.88 bits per heavy atom. The largest absolute Gasteiger partial charge is 0.316 e. The van der Waals surface area contributed by atoms with E-state index in [1.54, 1.807) is 31.3 Å². The number of carbonyl (C=O) groups is 2. The van der Waals surface area contributed by atoms with Crippen molar-refractivity contribution in [1.29, 1.82) is 0 Å². The highest BCUT2D eigenvalue weighted by molar-refractivity contribution is 5.94. The van der Waals surface area contributed by atoms with Crippen molar-refractivity contribution >= 4 is 17.4 Å². The molecule has 0 heterocycles. The van der Waals surface area contributed by atoms with Gasteiger partial charge >= 0.3 is 0 Å². The van der Waals surface area contributed by atoms with E-state index >= 15 is 0 Å². The number of carbonyl (C=O) groups excluding carboxylic acids is 2. The first kappa shape index (κ1) is 12.2. The van der Waals surface area contributed by atoms with E-state index in [9.17, 15) is 9.59 Å². The number of benzene rings is 1. The number of hydrogen-bond acceptors (Lipinski definition) is 2. The summed E-state index contributed by atoms with van der Waals surface area (Å²) in [6.45, 7) is 6.84. The molecule has 0 atom stereocenters. The summed E-state index contributed by atoms with van der Waals surface area (Å²) in [6.07, 6.45) is 0. The molecule has 0 radical (unpaired) electrons. The van der Waals surface area contributed by atoms with E-state index < -0.39 is 0 Å². The number of hydrogen-bond donors (Lipinski definition) is 0. The second-order valence-corrected chi connectivity index (χ2v) is 3.66. The topological polar surface area (TPSA) is 37.4 Å². The van der Waals surface area contributed by atoms with Crippen molar-refractivity contribution in [3.05, 3.63) is 42.0 Å². The van der Waals surface area contributed by atoms with Crippen LogP contribution < -0.4 is 0 Å². The third kappa shape index (κ3) is 2.57. The maximum Gasteiger partial charge on any atom is 0.223 e. The van der Waals surface area contributed by atoms with Crippen molar-refractivity contribution in [3.63, 3.8) is 0 Å². The molecule has 3 heteroatoms. The van der Waals surface area contributed by atoms with E-state index in [2.05, 4.69) is 6.58 Å². The van der Waals surface area contributed by atoms with Gasteiger partial charge < -0.3 is 4.90 Å². The van der Waals surface area contributed by atoms with Gasteiger partial charge in [-0.05, 0) is 12.5 Å². The minimum absolute atomic E-state index is 0.0251. The SMILES string of the molecule is C=C(c1ccc(C(C)=O)cc1)N(C)C(C)=O. The standard InChI is InChI=1S/C13H15NO2/c1-9(14(4)11(3)16)12-5-7-13(8-6-12)10(2)15/h5-8H,1H2,2-4H3. The third-order valence-electron chi connectivity index (χ3n) is 2.50. The van der Waals surface area contributed by atoms with Gasteiger partial charge in [0, 0.05) is 25.2 Å². The van der Waals surface area contributed by atoms with Gasteiger partial charge in [0.1, 0.15) is 0 Å². The Hall–Kier alpha value is -1.90. The molecule has 0 fully saturated rings. The summed E-state index contributed by atoms with van der Waals surface area (Å²) in [7, 11) is 1.67. The summed E-state index contributed by atoms with van der Waals surface area (Å²) < 4.78 is 0. The quantitative estimate of drug-likeness (QED) is 0.729. The summed E-state index contributed by atoms with van der Waals surface area (Å²) in [6, 6.07) is 7.05. The Morgan fingerprint density at radius 1 is 1.06 bits per heavy atom. The zero-order chi connectivity index (χ0) is 12.3. The first-order valence-electron chi connectivity index (χ1n) is 4.98. The highest BCUT2D eigenvalue weighted by Crippen LogP contribution is 2.16. The highest BCUT2D eigenvalue weighted by Gasteiger charge is 2.09. The first-order chi connectivity index (χ1) is 7.43. The number of ketones is 1. The van der Waals surface area contributed by atoms with Gasteiger partial charge in [-0.15, -0.1) is 0 Å². The molecule has 1 aromatic rings. The molecule has 84 valence electrons. The van der Waals surface area contributed by atoms with Gasteiger partial charge in [-0.3, -0.25) is 9.59 Å². The minimum Gasteiger partial charge on any atom is -0.316 e. The Labute approximate surface area is 95.4 Å². The van der Waals surface area contributed by atoms with Crippen molar-refractivity contribution < 1.29 is 9.59 Å². The lowest BCUT2D eigenvalue weighted by atomic mass is 10.1. The molecule has 16 heavy (non-hydrogen) atoms. The predicted molar refractivity (Wildman–Crippen MR) is 63.9 cm³/mol. The smallest absolute Gasteiger partial charge is 0.223 e. The predicted octanol–water partition coefficient (Wildman–Crippen LogP) is 2.34. The van der Waals surface area contributed by atoms with E-state index in [1.807, 2.05) is 0 Å². The van der Waals surface area contributed by atoms with Crippen LogP contribution in [0.15, 0.2) is 30.8 Å². The maximum absolute atomic E-state index is 11.1. The lowest BCUT2D eigenvalue weighted by Crippen LogP contribution is -2.21. The van der Waals surface area contributed by atoms with Gasteiger partial charge in [-0.1, -0.05) is 30.8 Å². The van der Waals surface area contributed by atoms with Crippen LogP contribution in [0, 0.1) is 0 Å². The van der Waals surface area contributed by atoms with E-state index in [0.29, 0.717) is 11.3 Å². The van der Waals surface area contributed by atoms with Crippen molar-refractivity contribution in [2.75, 3.05) is 7.05 Å².